The van der Waals surface area contributed by atoms with Gasteiger partial charge in [-0.3, -0.25) is 14.8 Å². The molecule has 1 saturated heterocycles. The summed E-state index contributed by atoms with van der Waals surface area (Å²) >= 11 is 0. The summed E-state index contributed by atoms with van der Waals surface area (Å²) in [7, 11) is -1.91. The van der Waals surface area contributed by atoms with Crippen molar-refractivity contribution in [2.24, 2.45) is 4.99 Å². The molecule has 1 aliphatic heterocycles. The molecular formula is C16H27IN6O3S. The van der Waals surface area contributed by atoms with Gasteiger partial charge in [0, 0.05) is 58.1 Å². The van der Waals surface area contributed by atoms with Crippen molar-refractivity contribution in [3.8, 4) is 0 Å². The number of carbonyl (C=O) groups excluding carboxylic acids is 1. The fraction of sp³-hybridized carbons (Fsp3) is 0.562. The number of nitrogens with one attached hydrogen (secondary N) is 3. The quantitative estimate of drug-likeness (QED) is 0.208. The second-order valence-corrected chi connectivity index (χ2v) is 7.68. The summed E-state index contributed by atoms with van der Waals surface area (Å²) in [5.74, 6) is 0.739. The summed E-state index contributed by atoms with van der Waals surface area (Å²) < 4.78 is 26.7. The van der Waals surface area contributed by atoms with E-state index in [1.165, 1.54) is 18.5 Å². The second-order valence-electron chi connectivity index (χ2n) is 5.91. The van der Waals surface area contributed by atoms with E-state index in [0.717, 1.165) is 13.0 Å². The fourth-order valence-corrected chi connectivity index (χ4v) is 3.67. The standard InChI is InChI=1S/C16H26N6O3S.HI/c1-3-15(23)22-10-6-13(12-22)21-16(17-2)19-8-9-20-26(24,25)14-5-4-7-18-11-14;/h4-5,7,11,13,20H,3,6,8-10,12H2,1-2H3,(H2,17,19,21);1H. The lowest BCUT2D eigenvalue weighted by molar-refractivity contribution is -0.129. The highest BCUT2D eigenvalue weighted by atomic mass is 127. The first-order chi connectivity index (χ1) is 12.5. The first-order valence-corrected chi connectivity index (χ1v) is 10.1. The van der Waals surface area contributed by atoms with Gasteiger partial charge in [0.05, 0.1) is 0 Å². The van der Waals surface area contributed by atoms with Crippen molar-refractivity contribution in [1.29, 1.82) is 0 Å². The van der Waals surface area contributed by atoms with Crippen molar-refractivity contribution in [2.75, 3.05) is 33.2 Å². The van der Waals surface area contributed by atoms with E-state index in [1.54, 1.807) is 13.1 Å². The molecule has 0 aliphatic carbocycles. The Kier molecular flexibility index (Phi) is 9.94. The Labute approximate surface area is 177 Å². The van der Waals surface area contributed by atoms with Crippen molar-refractivity contribution >= 4 is 45.9 Å². The van der Waals surface area contributed by atoms with Crippen LogP contribution in [0.15, 0.2) is 34.4 Å². The monoisotopic (exact) mass is 510 g/mol. The third-order valence-electron chi connectivity index (χ3n) is 4.06. The molecule has 0 saturated carbocycles. The lowest BCUT2D eigenvalue weighted by Crippen LogP contribution is -2.46. The molecule has 1 aliphatic rings. The van der Waals surface area contributed by atoms with Crippen molar-refractivity contribution in [2.45, 2.75) is 30.7 Å². The number of guanidine groups is 1. The van der Waals surface area contributed by atoms with E-state index in [1.807, 2.05) is 11.8 Å². The Morgan fingerprint density at radius 3 is 2.81 bits per heavy atom. The fourth-order valence-electron chi connectivity index (χ4n) is 2.67. The summed E-state index contributed by atoms with van der Waals surface area (Å²) in [6.07, 6.45) is 4.20. The summed E-state index contributed by atoms with van der Waals surface area (Å²) in [5.41, 5.74) is 0. The molecule has 11 heteroatoms. The van der Waals surface area contributed by atoms with E-state index in [0.29, 0.717) is 25.5 Å². The first-order valence-electron chi connectivity index (χ1n) is 8.61. The molecule has 1 aromatic heterocycles. The summed E-state index contributed by atoms with van der Waals surface area (Å²) in [4.78, 5) is 21.6. The number of amides is 1. The van der Waals surface area contributed by atoms with E-state index in [4.69, 9.17) is 0 Å². The van der Waals surface area contributed by atoms with Crippen molar-refractivity contribution in [3.63, 3.8) is 0 Å². The summed E-state index contributed by atoms with van der Waals surface area (Å²) in [5, 5.41) is 6.33. The van der Waals surface area contributed by atoms with Crippen LogP contribution in [-0.4, -0.2) is 69.4 Å². The number of sulfonamides is 1. The van der Waals surface area contributed by atoms with Gasteiger partial charge >= 0.3 is 0 Å². The van der Waals surface area contributed by atoms with Crippen LogP contribution in [0, 0.1) is 0 Å². The van der Waals surface area contributed by atoms with Gasteiger partial charge < -0.3 is 15.5 Å². The van der Waals surface area contributed by atoms with Gasteiger partial charge in [0.2, 0.25) is 15.9 Å². The largest absolute Gasteiger partial charge is 0.355 e. The summed E-state index contributed by atoms with van der Waals surface area (Å²) in [6.45, 7) is 3.84. The molecule has 152 valence electrons. The van der Waals surface area contributed by atoms with Gasteiger partial charge in [-0.25, -0.2) is 13.1 Å². The maximum Gasteiger partial charge on any atom is 0.242 e. The number of halogens is 1. The Hall–Kier alpha value is -1.47. The number of nitrogens with zero attached hydrogens (tertiary/aromatic N) is 3. The van der Waals surface area contributed by atoms with E-state index in [-0.39, 0.29) is 47.4 Å². The van der Waals surface area contributed by atoms with Crippen LogP contribution in [0.4, 0.5) is 0 Å². The number of pyridine rings is 1. The molecule has 0 bridgehead atoms. The molecule has 1 unspecified atom stereocenters. The number of hydrogen-bond acceptors (Lipinski definition) is 5. The van der Waals surface area contributed by atoms with Crippen LogP contribution in [-0.2, 0) is 14.8 Å². The highest BCUT2D eigenvalue weighted by molar-refractivity contribution is 14.0. The van der Waals surface area contributed by atoms with E-state index < -0.39 is 10.0 Å². The first kappa shape index (κ1) is 23.6. The molecular weight excluding hydrogens is 483 g/mol. The Morgan fingerprint density at radius 1 is 1.41 bits per heavy atom. The minimum absolute atomic E-state index is 0. The van der Waals surface area contributed by atoms with Gasteiger partial charge in [0.1, 0.15) is 4.90 Å². The van der Waals surface area contributed by atoms with Crippen LogP contribution in [0.3, 0.4) is 0 Å². The molecule has 1 fully saturated rings. The molecule has 2 rings (SSSR count). The smallest absolute Gasteiger partial charge is 0.242 e. The van der Waals surface area contributed by atoms with E-state index in [2.05, 4.69) is 25.3 Å². The van der Waals surface area contributed by atoms with Gasteiger partial charge in [-0.15, -0.1) is 24.0 Å². The highest BCUT2D eigenvalue weighted by Gasteiger charge is 2.25. The predicted molar refractivity (Wildman–Crippen MR) is 115 cm³/mol. The molecule has 2 heterocycles. The topological polar surface area (TPSA) is 116 Å². The number of likely N-dealkylation sites (tertiary alicyclic amines) is 1. The lowest BCUT2D eigenvalue weighted by Gasteiger charge is -2.18. The molecule has 0 radical (unpaired) electrons. The Bertz CT molecular complexity index is 729. The molecule has 1 atom stereocenters. The second kappa shape index (κ2) is 11.4. The van der Waals surface area contributed by atoms with Crippen LogP contribution in [0.1, 0.15) is 19.8 Å². The van der Waals surface area contributed by atoms with Crippen LogP contribution < -0.4 is 15.4 Å². The van der Waals surface area contributed by atoms with Crippen LogP contribution in [0.25, 0.3) is 0 Å². The van der Waals surface area contributed by atoms with Crippen LogP contribution in [0.2, 0.25) is 0 Å². The third kappa shape index (κ3) is 7.22. The average Bonchev–Trinajstić information content (AvgIpc) is 3.12. The van der Waals surface area contributed by atoms with E-state index >= 15 is 0 Å². The van der Waals surface area contributed by atoms with Crippen LogP contribution in [0.5, 0.6) is 0 Å². The maximum absolute atomic E-state index is 12.1. The predicted octanol–water partition coefficient (Wildman–Crippen LogP) is 0.154. The average molecular weight is 510 g/mol. The number of aliphatic imine (C=N–C) groups is 1. The zero-order valence-electron chi connectivity index (χ0n) is 15.5. The lowest BCUT2D eigenvalue weighted by atomic mass is 10.3. The van der Waals surface area contributed by atoms with Gasteiger partial charge in [0.15, 0.2) is 5.96 Å². The Morgan fingerprint density at radius 2 is 2.19 bits per heavy atom. The van der Waals surface area contributed by atoms with Gasteiger partial charge in [-0.05, 0) is 18.6 Å². The molecule has 3 N–H and O–H groups in total. The number of aromatic nitrogens is 1. The highest BCUT2D eigenvalue weighted by Crippen LogP contribution is 2.10. The normalized spacial score (nSPS) is 17.3. The molecule has 9 nitrogen and oxygen atoms in total. The van der Waals surface area contributed by atoms with Gasteiger partial charge in [-0.2, -0.15) is 0 Å². The summed E-state index contributed by atoms with van der Waals surface area (Å²) in [6, 6.07) is 3.21. The minimum atomic E-state index is -3.56. The maximum atomic E-state index is 12.1. The molecule has 27 heavy (non-hydrogen) atoms. The molecule has 0 spiro atoms. The van der Waals surface area contributed by atoms with Gasteiger partial charge in [-0.1, -0.05) is 6.92 Å². The van der Waals surface area contributed by atoms with Crippen molar-refractivity contribution in [3.05, 3.63) is 24.5 Å². The SMILES string of the molecule is CCC(=O)N1CCC(NC(=NC)NCCNS(=O)(=O)c2cccnc2)C1.I. The molecule has 1 aromatic rings. The zero-order chi connectivity index (χ0) is 19.0. The molecule has 0 aromatic carbocycles. The van der Waals surface area contributed by atoms with Crippen molar-refractivity contribution in [1.82, 2.24) is 25.2 Å². The number of carbonyl (C=O) groups is 1. The van der Waals surface area contributed by atoms with Crippen molar-refractivity contribution < 1.29 is 13.2 Å². The minimum Gasteiger partial charge on any atom is -0.355 e. The zero-order valence-corrected chi connectivity index (χ0v) is 18.7. The van der Waals surface area contributed by atoms with E-state index in [9.17, 15) is 13.2 Å². The number of hydrogen-bond donors (Lipinski definition) is 3. The Balaban J connectivity index is 0.00000364. The van der Waals surface area contributed by atoms with Gasteiger partial charge in [0.25, 0.3) is 0 Å². The third-order valence-corrected chi connectivity index (χ3v) is 5.51. The van der Waals surface area contributed by atoms with Crippen LogP contribution >= 0.6 is 24.0 Å². The molecule has 1 amide bonds. The number of rotatable bonds is 7.